The molecule has 3 heteroatoms. The topological polar surface area (TPSA) is 45.8 Å². The quantitative estimate of drug-likeness (QED) is 0.781. The zero-order valence-corrected chi connectivity index (χ0v) is 9.66. The van der Waals surface area contributed by atoms with Crippen molar-refractivity contribution in [1.29, 1.82) is 0 Å². The molecule has 0 unspecified atom stereocenters. The lowest BCUT2D eigenvalue weighted by Crippen LogP contribution is -2.07. The van der Waals surface area contributed by atoms with E-state index in [1.54, 1.807) is 12.3 Å². The number of carbonyl (C=O) groups is 1. The van der Waals surface area contributed by atoms with Crippen molar-refractivity contribution in [1.82, 2.24) is 10.2 Å². The van der Waals surface area contributed by atoms with Crippen LogP contribution in [-0.2, 0) is 0 Å². The monoisotopic (exact) mass is 214 g/mol. The number of rotatable bonds is 2. The Hall–Kier alpha value is -1.90. The molecule has 0 saturated carbocycles. The normalized spacial score (nSPS) is 10.4. The van der Waals surface area contributed by atoms with E-state index >= 15 is 0 Å². The van der Waals surface area contributed by atoms with Crippen LogP contribution < -0.4 is 0 Å². The fraction of sp³-hybridized carbons (Fsp3) is 0.231. The molecule has 2 aromatic rings. The van der Waals surface area contributed by atoms with E-state index in [-0.39, 0.29) is 5.78 Å². The molecule has 16 heavy (non-hydrogen) atoms. The molecule has 2 rings (SSSR count). The summed E-state index contributed by atoms with van der Waals surface area (Å²) in [6.07, 6.45) is 1.59. The van der Waals surface area contributed by atoms with Crippen molar-refractivity contribution in [2.45, 2.75) is 20.8 Å². The van der Waals surface area contributed by atoms with Crippen molar-refractivity contribution in [3.05, 3.63) is 52.3 Å². The van der Waals surface area contributed by atoms with Crippen molar-refractivity contribution in [3.8, 4) is 0 Å². The SMILES string of the molecule is Cc1cc(C)c(C(=O)c2ccn[nH]2)c(C)c1. The Morgan fingerprint density at radius 3 is 2.31 bits per heavy atom. The molecule has 0 bridgehead atoms. The molecule has 0 aliphatic carbocycles. The molecule has 1 N–H and O–H groups in total. The Bertz CT molecular complexity index is 504. The molecule has 0 saturated heterocycles. The molecule has 0 fully saturated rings. The fourth-order valence-electron chi connectivity index (χ4n) is 2.06. The zero-order valence-electron chi connectivity index (χ0n) is 9.66. The molecule has 0 aliphatic heterocycles. The standard InChI is InChI=1S/C13H14N2O/c1-8-6-9(2)12(10(3)7-8)13(16)11-4-5-14-15-11/h4-7H,1-3H3,(H,14,15). The van der Waals surface area contributed by atoms with Crippen LogP contribution >= 0.6 is 0 Å². The molecule has 82 valence electrons. The highest BCUT2D eigenvalue weighted by Crippen LogP contribution is 2.19. The minimum absolute atomic E-state index is 0.00694. The number of ketones is 1. The highest BCUT2D eigenvalue weighted by molar-refractivity contribution is 6.09. The number of benzene rings is 1. The fourth-order valence-corrected chi connectivity index (χ4v) is 2.06. The third-order valence-electron chi connectivity index (χ3n) is 2.65. The van der Waals surface area contributed by atoms with Crippen LogP contribution in [0.5, 0.6) is 0 Å². The summed E-state index contributed by atoms with van der Waals surface area (Å²) in [5, 5.41) is 6.50. The minimum Gasteiger partial charge on any atom is -0.287 e. The minimum atomic E-state index is 0.00694. The second kappa shape index (κ2) is 3.93. The zero-order chi connectivity index (χ0) is 11.7. The third-order valence-corrected chi connectivity index (χ3v) is 2.65. The molecule has 1 aromatic heterocycles. The van der Waals surface area contributed by atoms with Crippen LogP contribution in [0.1, 0.15) is 32.7 Å². The summed E-state index contributed by atoms with van der Waals surface area (Å²) in [5.41, 5.74) is 4.51. The van der Waals surface area contributed by atoms with Gasteiger partial charge in [0, 0.05) is 11.8 Å². The lowest BCUT2D eigenvalue weighted by Gasteiger charge is -2.08. The van der Waals surface area contributed by atoms with Crippen LogP contribution in [0.2, 0.25) is 0 Å². The van der Waals surface area contributed by atoms with Gasteiger partial charge in [0.05, 0.1) is 0 Å². The number of hydrogen-bond donors (Lipinski definition) is 1. The van der Waals surface area contributed by atoms with Gasteiger partial charge in [-0.2, -0.15) is 5.10 Å². The van der Waals surface area contributed by atoms with Crippen molar-refractivity contribution in [2.75, 3.05) is 0 Å². The first-order valence-electron chi connectivity index (χ1n) is 5.21. The Morgan fingerprint density at radius 1 is 1.19 bits per heavy atom. The second-order valence-corrected chi connectivity index (χ2v) is 4.07. The molecule has 3 nitrogen and oxygen atoms in total. The summed E-state index contributed by atoms with van der Waals surface area (Å²) in [6, 6.07) is 5.74. The number of nitrogens with one attached hydrogen (secondary N) is 1. The summed E-state index contributed by atoms with van der Waals surface area (Å²) in [6.45, 7) is 5.96. The molecule has 1 aromatic carbocycles. The van der Waals surface area contributed by atoms with E-state index in [1.807, 2.05) is 32.9 Å². The number of aryl methyl sites for hydroxylation is 3. The molecule has 1 heterocycles. The molecule has 0 amide bonds. The van der Waals surface area contributed by atoms with Crippen LogP contribution in [0.25, 0.3) is 0 Å². The molecular weight excluding hydrogens is 200 g/mol. The molecular formula is C13H14N2O. The highest BCUT2D eigenvalue weighted by Gasteiger charge is 2.15. The maximum atomic E-state index is 12.2. The van der Waals surface area contributed by atoms with Gasteiger partial charge in [-0.3, -0.25) is 9.89 Å². The van der Waals surface area contributed by atoms with Crippen LogP contribution in [0.3, 0.4) is 0 Å². The summed E-state index contributed by atoms with van der Waals surface area (Å²) in [5.74, 6) is 0.00694. The number of H-pyrrole nitrogens is 1. The highest BCUT2D eigenvalue weighted by atomic mass is 16.1. The average molecular weight is 214 g/mol. The summed E-state index contributed by atoms with van der Waals surface area (Å²) in [7, 11) is 0. The van der Waals surface area contributed by atoms with Gasteiger partial charge < -0.3 is 0 Å². The van der Waals surface area contributed by atoms with E-state index in [9.17, 15) is 4.79 Å². The van der Waals surface area contributed by atoms with Gasteiger partial charge in [0.25, 0.3) is 0 Å². The Balaban J connectivity index is 2.53. The first-order valence-corrected chi connectivity index (χ1v) is 5.21. The van der Waals surface area contributed by atoms with Crippen LogP contribution in [0.4, 0.5) is 0 Å². The summed E-state index contributed by atoms with van der Waals surface area (Å²) in [4.78, 5) is 12.2. The van der Waals surface area contributed by atoms with Gasteiger partial charge in [0.2, 0.25) is 5.78 Å². The van der Waals surface area contributed by atoms with Gasteiger partial charge in [-0.15, -0.1) is 0 Å². The summed E-state index contributed by atoms with van der Waals surface area (Å²) >= 11 is 0. The van der Waals surface area contributed by atoms with Gasteiger partial charge in [-0.05, 0) is 38.0 Å². The predicted molar refractivity (Wildman–Crippen MR) is 62.7 cm³/mol. The molecule has 0 radical (unpaired) electrons. The third kappa shape index (κ3) is 1.76. The Labute approximate surface area is 94.5 Å². The van der Waals surface area contributed by atoms with E-state index in [2.05, 4.69) is 10.2 Å². The van der Waals surface area contributed by atoms with E-state index < -0.39 is 0 Å². The number of hydrogen-bond acceptors (Lipinski definition) is 2. The predicted octanol–water partition coefficient (Wildman–Crippen LogP) is 2.57. The van der Waals surface area contributed by atoms with Gasteiger partial charge in [0.15, 0.2) is 0 Å². The molecule has 0 spiro atoms. The van der Waals surface area contributed by atoms with E-state index in [0.29, 0.717) is 5.69 Å². The lowest BCUT2D eigenvalue weighted by atomic mass is 9.95. The van der Waals surface area contributed by atoms with Crippen LogP contribution in [-0.4, -0.2) is 16.0 Å². The average Bonchev–Trinajstić information content (AvgIpc) is 2.67. The lowest BCUT2D eigenvalue weighted by molar-refractivity contribution is 0.103. The maximum Gasteiger partial charge on any atom is 0.211 e. The smallest absolute Gasteiger partial charge is 0.211 e. The molecule has 0 atom stereocenters. The van der Waals surface area contributed by atoms with E-state index in [1.165, 1.54) is 5.56 Å². The number of carbonyl (C=O) groups excluding carboxylic acids is 1. The van der Waals surface area contributed by atoms with Crippen LogP contribution in [0, 0.1) is 20.8 Å². The van der Waals surface area contributed by atoms with E-state index in [0.717, 1.165) is 16.7 Å². The summed E-state index contributed by atoms with van der Waals surface area (Å²) < 4.78 is 0. The number of aromatic nitrogens is 2. The number of aromatic amines is 1. The van der Waals surface area contributed by atoms with Crippen molar-refractivity contribution >= 4 is 5.78 Å². The van der Waals surface area contributed by atoms with Gasteiger partial charge >= 0.3 is 0 Å². The Kier molecular flexibility index (Phi) is 2.60. The van der Waals surface area contributed by atoms with Crippen LogP contribution in [0.15, 0.2) is 24.4 Å². The van der Waals surface area contributed by atoms with Gasteiger partial charge in [-0.1, -0.05) is 17.7 Å². The van der Waals surface area contributed by atoms with Gasteiger partial charge in [0.1, 0.15) is 5.69 Å². The molecule has 0 aliphatic rings. The maximum absolute atomic E-state index is 12.2. The largest absolute Gasteiger partial charge is 0.287 e. The first kappa shape index (κ1) is 10.6. The first-order chi connectivity index (χ1) is 7.59. The Morgan fingerprint density at radius 2 is 1.81 bits per heavy atom. The van der Waals surface area contributed by atoms with Crippen molar-refractivity contribution < 1.29 is 4.79 Å². The second-order valence-electron chi connectivity index (χ2n) is 4.07. The van der Waals surface area contributed by atoms with Crippen molar-refractivity contribution in [2.24, 2.45) is 0 Å². The van der Waals surface area contributed by atoms with Gasteiger partial charge in [-0.25, -0.2) is 0 Å². The number of nitrogens with zero attached hydrogens (tertiary/aromatic N) is 1. The van der Waals surface area contributed by atoms with E-state index in [4.69, 9.17) is 0 Å². The van der Waals surface area contributed by atoms with Crippen molar-refractivity contribution in [3.63, 3.8) is 0 Å².